The second-order valence-electron chi connectivity index (χ2n) is 2.38. The topological polar surface area (TPSA) is 25.2 Å². The molecule has 0 aliphatic heterocycles. The van der Waals surface area contributed by atoms with Gasteiger partial charge in [0.2, 0.25) is 0 Å². The van der Waals surface area contributed by atoms with Gasteiger partial charge in [-0.05, 0) is 18.6 Å². The first-order chi connectivity index (χ1) is 5.84. The van der Waals surface area contributed by atoms with E-state index in [0.717, 1.165) is 17.8 Å². The molecule has 0 atom stereocenters. The molecule has 0 aliphatic rings. The van der Waals surface area contributed by atoms with Crippen molar-refractivity contribution in [3.05, 3.63) is 36.7 Å². The summed E-state index contributed by atoms with van der Waals surface area (Å²) >= 11 is 0. The molecule has 0 N–H and O–H groups in total. The highest BCUT2D eigenvalue weighted by atomic mass is 14.8. The van der Waals surface area contributed by atoms with Gasteiger partial charge in [-0.3, -0.25) is 9.98 Å². The van der Waals surface area contributed by atoms with Crippen LogP contribution in [0.5, 0.6) is 0 Å². The van der Waals surface area contributed by atoms with Crippen LogP contribution in [0.4, 0.5) is 0 Å². The summed E-state index contributed by atoms with van der Waals surface area (Å²) in [5.74, 6) is 0. The normalized spacial score (nSPS) is 10.4. The zero-order valence-electron chi connectivity index (χ0n) is 7.20. The number of aliphatic imine (C=N–C) groups is 1. The smallest absolute Gasteiger partial charge is 0.0879 e. The molecule has 2 heteroatoms. The summed E-state index contributed by atoms with van der Waals surface area (Å²) in [6.07, 6.45) is 4.49. The highest BCUT2D eigenvalue weighted by Gasteiger charge is 1.93. The molecule has 0 saturated carbocycles. The van der Waals surface area contributed by atoms with Gasteiger partial charge in [-0.1, -0.05) is 19.6 Å². The number of hydrogen-bond acceptors (Lipinski definition) is 2. The maximum absolute atomic E-state index is 4.13. The van der Waals surface area contributed by atoms with E-state index in [1.165, 1.54) is 0 Å². The van der Waals surface area contributed by atoms with Gasteiger partial charge in [0, 0.05) is 12.4 Å². The Morgan fingerprint density at radius 1 is 1.67 bits per heavy atom. The molecule has 0 bridgehead atoms. The average Bonchev–Trinajstić information content (AvgIpc) is 2.15. The third kappa shape index (κ3) is 2.31. The van der Waals surface area contributed by atoms with Crippen LogP contribution in [0.15, 0.2) is 36.0 Å². The molecule has 0 aliphatic carbocycles. The summed E-state index contributed by atoms with van der Waals surface area (Å²) in [7, 11) is 0. The third-order valence-corrected chi connectivity index (χ3v) is 1.39. The lowest BCUT2D eigenvalue weighted by Crippen LogP contribution is -1.83. The number of pyridine rings is 1. The Balaban J connectivity index is 2.72. The molecule has 2 nitrogen and oxygen atoms in total. The van der Waals surface area contributed by atoms with Gasteiger partial charge in [-0.2, -0.15) is 0 Å². The van der Waals surface area contributed by atoms with E-state index in [2.05, 4.69) is 16.6 Å². The van der Waals surface area contributed by atoms with Crippen molar-refractivity contribution in [3.63, 3.8) is 0 Å². The van der Waals surface area contributed by atoms with E-state index >= 15 is 0 Å². The minimum absolute atomic E-state index is 0.720. The van der Waals surface area contributed by atoms with E-state index in [4.69, 9.17) is 0 Å². The molecule has 0 unspecified atom stereocenters. The van der Waals surface area contributed by atoms with Crippen molar-refractivity contribution >= 4 is 11.9 Å². The minimum Gasteiger partial charge on any atom is -0.260 e. The minimum atomic E-state index is 0.720. The molecule has 0 spiro atoms. The molecule has 0 amide bonds. The van der Waals surface area contributed by atoms with Crippen LogP contribution in [-0.2, 0) is 0 Å². The van der Waals surface area contributed by atoms with Crippen LogP contribution in [0, 0.1) is 0 Å². The lowest BCUT2D eigenvalue weighted by atomic mass is 10.3. The van der Waals surface area contributed by atoms with Crippen molar-refractivity contribution in [3.8, 4) is 0 Å². The van der Waals surface area contributed by atoms with Crippen LogP contribution < -0.4 is 0 Å². The molecule has 0 radical (unpaired) electrons. The van der Waals surface area contributed by atoms with Gasteiger partial charge >= 0.3 is 0 Å². The summed E-state index contributed by atoms with van der Waals surface area (Å²) in [6.45, 7) is 5.84. The van der Waals surface area contributed by atoms with E-state index in [0.29, 0.717) is 0 Å². The molecule has 0 aromatic carbocycles. The summed E-state index contributed by atoms with van der Waals surface area (Å²) in [6, 6.07) is 5.70. The van der Waals surface area contributed by atoms with Gasteiger partial charge in [0.05, 0.1) is 11.4 Å². The monoisotopic (exact) mass is 160 g/mol. The maximum atomic E-state index is 4.13. The average molecular weight is 160 g/mol. The molecule has 12 heavy (non-hydrogen) atoms. The van der Waals surface area contributed by atoms with Gasteiger partial charge in [0.1, 0.15) is 0 Å². The largest absolute Gasteiger partial charge is 0.260 e. The summed E-state index contributed by atoms with van der Waals surface area (Å²) in [5.41, 5.74) is 1.56. The molecule has 1 rings (SSSR count). The Labute approximate surface area is 72.7 Å². The predicted molar refractivity (Wildman–Crippen MR) is 52.1 cm³/mol. The molecule has 1 heterocycles. The summed E-state index contributed by atoms with van der Waals surface area (Å²) < 4.78 is 0. The van der Waals surface area contributed by atoms with Crippen LogP contribution in [-0.4, -0.2) is 11.2 Å². The molecule has 0 saturated heterocycles. The number of aromatic nitrogens is 1. The molecule has 0 fully saturated rings. The number of hydrogen-bond donors (Lipinski definition) is 0. The van der Waals surface area contributed by atoms with Crippen molar-refractivity contribution in [2.75, 3.05) is 0 Å². The van der Waals surface area contributed by atoms with E-state index in [-0.39, 0.29) is 0 Å². The number of rotatable bonds is 3. The summed E-state index contributed by atoms with van der Waals surface area (Å²) in [5, 5.41) is 0. The van der Waals surface area contributed by atoms with Crippen LogP contribution in [0.1, 0.15) is 19.0 Å². The molecular formula is C10H12N2. The van der Waals surface area contributed by atoms with E-state index in [1.807, 2.05) is 31.3 Å². The van der Waals surface area contributed by atoms with Gasteiger partial charge in [0.15, 0.2) is 0 Å². The van der Waals surface area contributed by atoms with Crippen LogP contribution in [0.25, 0.3) is 5.70 Å². The Morgan fingerprint density at radius 3 is 3.08 bits per heavy atom. The first-order valence-electron chi connectivity index (χ1n) is 3.97. The Morgan fingerprint density at radius 2 is 2.50 bits per heavy atom. The van der Waals surface area contributed by atoms with Crippen LogP contribution >= 0.6 is 0 Å². The molecule has 62 valence electrons. The predicted octanol–water partition coefficient (Wildman–Crippen LogP) is 2.53. The zero-order valence-corrected chi connectivity index (χ0v) is 7.20. The van der Waals surface area contributed by atoms with E-state index < -0.39 is 0 Å². The standard InChI is InChI=1S/C10H12N2/c1-3-7-11-9(2)10-6-4-5-8-12-10/h4-8H,2-3H2,1H3. The lowest BCUT2D eigenvalue weighted by molar-refractivity contribution is 1.25. The fourth-order valence-corrected chi connectivity index (χ4v) is 0.801. The van der Waals surface area contributed by atoms with Gasteiger partial charge in [-0.25, -0.2) is 0 Å². The quantitative estimate of drug-likeness (QED) is 0.624. The van der Waals surface area contributed by atoms with Crippen molar-refractivity contribution in [1.82, 2.24) is 4.98 Å². The fourth-order valence-electron chi connectivity index (χ4n) is 0.801. The Bertz CT molecular complexity index is 275. The third-order valence-electron chi connectivity index (χ3n) is 1.39. The van der Waals surface area contributed by atoms with Crippen LogP contribution in [0.3, 0.4) is 0 Å². The molecule has 1 aromatic heterocycles. The fraction of sp³-hybridized carbons (Fsp3) is 0.200. The second kappa shape index (κ2) is 4.44. The van der Waals surface area contributed by atoms with E-state index in [1.54, 1.807) is 6.20 Å². The van der Waals surface area contributed by atoms with Crippen LogP contribution in [0.2, 0.25) is 0 Å². The number of nitrogens with zero attached hydrogens (tertiary/aromatic N) is 2. The van der Waals surface area contributed by atoms with Gasteiger partial charge in [-0.15, -0.1) is 0 Å². The zero-order chi connectivity index (χ0) is 8.81. The van der Waals surface area contributed by atoms with Crippen molar-refractivity contribution in [2.24, 2.45) is 4.99 Å². The van der Waals surface area contributed by atoms with Gasteiger partial charge in [0.25, 0.3) is 0 Å². The second-order valence-corrected chi connectivity index (χ2v) is 2.38. The van der Waals surface area contributed by atoms with E-state index in [9.17, 15) is 0 Å². The van der Waals surface area contributed by atoms with Gasteiger partial charge < -0.3 is 0 Å². The Kier molecular flexibility index (Phi) is 3.20. The van der Waals surface area contributed by atoms with Crippen molar-refractivity contribution < 1.29 is 0 Å². The highest BCUT2D eigenvalue weighted by molar-refractivity contribution is 5.70. The highest BCUT2D eigenvalue weighted by Crippen LogP contribution is 2.08. The summed E-state index contributed by atoms with van der Waals surface area (Å²) in [4.78, 5) is 8.25. The van der Waals surface area contributed by atoms with Crippen molar-refractivity contribution in [2.45, 2.75) is 13.3 Å². The maximum Gasteiger partial charge on any atom is 0.0879 e. The SMILES string of the molecule is C=C(N=CCC)c1ccccn1. The lowest BCUT2D eigenvalue weighted by Gasteiger charge is -1.96. The van der Waals surface area contributed by atoms with Crippen molar-refractivity contribution in [1.29, 1.82) is 0 Å². The first kappa shape index (κ1) is 8.65. The first-order valence-corrected chi connectivity index (χ1v) is 3.97. The molecule has 1 aromatic rings. The Hall–Kier alpha value is -1.44. The molecular weight excluding hydrogens is 148 g/mol.